The molecule has 1 fully saturated rings. The highest BCUT2D eigenvalue weighted by molar-refractivity contribution is 7.89. The number of rotatable bonds is 4. The molecular weight excluding hydrogens is 284 g/mol. The normalized spacial score (nSPS) is 19.9. The zero-order valence-electron chi connectivity index (χ0n) is 10.9. The summed E-state index contributed by atoms with van der Waals surface area (Å²) in [5, 5.41) is 9.23. The molecule has 2 N–H and O–H groups in total. The van der Waals surface area contributed by atoms with Gasteiger partial charge in [-0.05, 0) is 19.2 Å². The summed E-state index contributed by atoms with van der Waals surface area (Å²) in [6.07, 6.45) is 0. The second-order valence-electron chi connectivity index (χ2n) is 4.30. The van der Waals surface area contributed by atoms with E-state index in [4.69, 9.17) is 4.74 Å². The Hall–Kier alpha value is -1.64. The Bertz CT molecular complexity index is 602. The number of morpholine rings is 1. The van der Waals surface area contributed by atoms with E-state index >= 15 is 0 Å². The summed E-state index contributed by atoms with van der Waals surface area (Å²) in [4.78, 5) is 12.9. The number of para-hydroxylation sites is 1. The SMILES string of the molecule is CNS(=O)(=O)c1ccccc1N1CCOCC1C(=O)O. The van der Waals surface area contributed by atoms with E-state index in [9.17, 15) is 18.3 Å². The molecule has 1 aromatic carbocycles. The number of nitrogens with zero attached hydrogens (tertiary/aromatic N) is 1. The highest BCUT2D eigenvalue weighted by Gasteiger charge is 2.32. The van der Waals surface area contributed by atoms with Crippen LogP contribution in [0.3, 0.4) is 0 Å². The van der Waals surface area contributed by atoms with Gasteiger partial charge in [-0.1, -0.05) is 12.1 Å². The third-order valence-electron chi connectivity index (χ3n) is 3.15. The molecule has 1 saturated heterocycles. The summed E-state index contributed by atoms with van der Waals surface area (Å²) in [5.74, 6) is -1.04. The van der Waals surface area contributed by atoms with Gasteiger partial charge in [-0.3, -0.25) is 0 Å². The van der Waals surface area contributed by atoms with Crippen molar-refractivity contribution in [2.45, 2.75) is 10.9 Å². The largest absolute Gasteiger partial charge is 0.480 e. The number of benzene rings is 1. The lowest BCUT2D eigenvalue weighted by Gasteiger charge is -2.35. The van der Waals surface area contributed by atoms with Crippen LogP contribution in [-0.4, -0.2) is 52.3 Å². The summed E-state index contributed by atoms with van der Waals surface area (Å²) < 4.78 is 31.5. The number of anilines is 1. The van der Waals surface area contributed by atoms with Gasteiger partial charge < -0.3 is 14.7 Å². The Morgan fingerprint density at radius 1 is 1.45 bits per heavy atom. The van der Waals surface area contributed by atoms with Crippen molar-refractivity contribution in [2.24, 2.45) is 0 Å². The van der Waals surface area contributed by atoms with Crippen LogP contribution in [0.25, 0.3) is 0 Å². The van der Waals surface area contributed by atoms with Crippen molar-refractivity contribution in [2.75, 3.05) is 31.7 Å². The summed E-state index contributed by atoms with van der Waals surface area (Å²) in [7, 11) is -2.33. The molecule has 0 spiro atoms. The molecule has 0 aromatic heterocycles. The summed E-state index contributed by atoms with van der Waals surface area (Å²) in [6.45, 7) is 0.716. The zero-order chi connectivity index (χ0) is 14.8. The lowest BCUT2D eigenvalue weighted by atomic mass is 10.2. The first kappa shape index (κ1) is 14.8. The van der Waals surface area contributed by atoms with Crippen LogP contribution in [0, 0.1) is 0 Å². The van der Waals surface area contributed by atoms with Gasteiger partial charge in [0.15, 0.2) is 6.04 Å². The highest BCUT2D eigenvalue weighted by atomic mass is 32.2. The topological polar surface area (TPSA) is 95.9 Å². The maximum atomic E-state index is 12.0. The first-order chi connectivity index (χ1) is 9.47. The van der Waals surface area contributed by atoms with Crippen molar-refractivity contribution in [1.82, 2.24) is 4.72 Å². The molecule has 1 aliphatic rings. The number of hydrogen-bond donors (Lipinski definition) is 2. The number of carbonyl (C=O) groups is 1. The predicted molar refractivity (Wildman–Crippen MR) is 72.3 cm³/mol. The predicted octanol–water partition coefficient (Wildman–Crippen LogP) is -0.115. The van der Waals surface area contributed by atoms with Crippen LogP contribution in [0.5, 0.6) is 0 Å². The third-order valence-corrected chi connectivity index (χ3v) is 4.61. The van der Waals surface area contributed by atoms with Gasteiger partial charge >= 0.3 is 5.97 Å². The molecule has 0 aliphatic carbocycles. The Balaban J connectivity index is 2.49. The van der Waals surface area contributed by atoms with Crippen LogP contribution in [0.15, 0.2) is 29.2 Å². The van der Waals surface area contributed by atoms with E-state index in [2.05, 4.69) is 4.72 Å². The molecule has 0 radical (unpaired) electrons. The number of aliphatic carboxylic acids is 1. The van der Waals surface area contributed by atoms with Crippen molar-refractivity contribution in [1.29, 1.82) is 0 Å². The summed E-state index contributed by atoms with van der Waals surface area (Å²) in [5.41, 5.74) is 0.373. The molecule has 0 amide bonds. The fourth-order valence-electron chi connectivity index (χ4n) is 2.13. The molecule has 0 saturated carbocycles. The Morgan fingerprint density at radius 3 is 2.80 bits per heavy atom. The van der Waals surface area contributed by atoms with E-state index in [0.29, 0.717) is 18.8 Å². The van der Waals surface area contributed by atoms with Gasteiger partial charge in [-0.25, -0.2) is 17.9 Å². The van der Waals surface area contributed by atoms with Crippen LogP contribution in [0.2, 0.25) is 0 Å². The van der Waals surface area contributed by atoms with Crippen molar-refractivity contribution in [3.05, 3.63) is 24.3 Å². The summed E-state index contributed by atoms with van der Waals surface area (Å²) >= 11 is 0. The maximum Gasteiger partial charge on any atom is 0.328 e. The van der Waals surface area contributed by atoms with Gasteiger partial charge in [-0.2, -0.15) is 0 Å². The number of ether oxygens (including phenoxy) is 1. The monoisotopic (exact) mass is 300 g/mol. The Kier molecular flexibility index (Phi) is 4.26. The molecule has 0 bridgehead atoms. The van der Waals surface area contributed by atoms with E-state index in [-0.39, 0.29) is 11.5 Å². The number of nitrogens with one attached hydrogen (secondary N) is 1. The van der Waals surface area contributed by atoms with Crippen LogP contribution < -0.4 is 9.62 Å². The molecule has 8 heteroatoms. The molecule has 1 atom stereocenters. The minimum absolute atomic E-state index is 0.0310. The minimum Gasteiger partial charge on any atom is -0.480 e. The summed E-state index contributed by atoms with van der Waals surface area (Å²) in [6, 6.07) is 5.44. The zero-order valence-corrected chi connectivity index (χ0v) is 11.8. The standard InChI is InChI=1S/C12H16N2O5S/c1-13-20(17,18)11-5-3-2-4-9(11)14-6-7-19-8-10(14)12(15)16/h2-5,10,13H,6-8H2,1H3,(H,15,16). The number of carboxylic acids is 1. The second kappa shape index (κ2) is 5.78. The van der Waals surface area contributed by atoms with Gasteiger partial charge in [0.1, 0.15) is 4.90 Å². The van der Waals surface area contributed by atoms with Crippen LogP contribution in [-0.2, 0) is 19.6 Å². The molecule has 1 aliphatic heterocycles. The van der Waals surface area contributed by atoms with Crippen molar-refractivity contribution < 1.29 is 23.1 Å². The van der Waals surface area contributed by atoms with E-state index in [1.807, 2.05) is 0 Å². The molecule has 1 unspecified atom stereocenters. The van der Waals surface area contributed by atoms with Gasteiger partial charge in [0, 0.05) is 6.54 Å². The second-order valence-corrected chi connectivity index (χ2v) is 6.15. The van der Waals surface area contributed by atoms with E-state index in [1.165, 1.54) is 13.1 Å². The van der Waals surface area contributed by atoms with Gasteiger partial charge in [0.25, 0.3) is 0 Å². The highest BCUT2D eigenvalue weighted by Crippen LogP contribution is 2.27. The molecule has 20 heavy (non-hydrogen) atoms. The van der Waals surface area contributed by atoms with Gasteiger partial charge in [0.05, 0.1) is 18.9 Å². The molecule has 1 heterocycles. The first-order valence-electron chi connectivity index (χ1n) is 6.07. The number of hydrogen-bond acceptors (Lipinski definition) is 5. The first-order valence-corrected chi connectivity index (χ1v) is 7.55. The van der Waals surface area contributed by atoms with Gasteiger partial charge in [-0.15, -0.1) is 0 Å². The molecule has 110 valence electrons. The number of carboxylic acid groups (broad SMARTS) is 1. The molecule has 1 aromatic rings. The van der Waals surface area contributed by atoms with Crippen molar-refractivity contribution in [3.8, 4) is 0 Å². The average Bonchev–Trinajstić information content (AvgIpc) is 2.47. The fourth-order valence-corrected chi connectivity index (χ4v) is 3.07. The van der Waals surface area contributed by atoms with E-state index in [0.717, 1.165) is 0 Å². The van der Waals surface area contributed by atoms with E-state index in [1.54, 1.807) is 23.1 Å². The Labute approximate surface area is 117 Å². The molecular formula is C12H16N2O5S. The fraction of sp³-hybridized carbons (Fsp3) is 0.417. The third kappa shape index (κ3) is 2.77. The molecule has 7 nitrogen and oxygen atoms in total. The maximum absolute atomic E-state index is 12.0. The molecule has 2 rings (SSSR count). The Morgan fingerprint density at radius 2 is 2.15 bits per heavy atom. The van der Waals surface area contributed by atoms with Crippen molar-refractivity contribution in [3.63, 3.8) is 0 Å². The van der Waals surface area contributed by atoms with E-state index < -0.39 is 22.0 Å². The average molecular weight is 300 g/mol. The van der Waals surface area contributed by atoms with Gasteiger partial charge in [0.2, 0.25) is 10.0 Å². The minimum atomic E-state index is -3.65. The quantitative estimate of drug-likeness (QED) is 0.805. The lowest BCUT2D eigenvalue weighted by Crippen LogP contribution is -2.50. The van der Waals surface area contributed by atoms with Crippen LogP contribution >= 0.6 is 0 Å². The van der Waals surface area contributed by atoms with Crippen molar-refractivity contribution >= 4 is 21.7 Å². The number of sulfonamides is 1. The van der Waals surface area contributed by atoms with Crippen LogP contribution in [0.1, 0.15) is 0 Å². The van der Waals surface area contributed by atoms with Crippen LogP contribution in [0.4, 0.5) is 5.69 Å². The lowest BCUT2D eigenvalue weighted by molar-refractivity contribution is -0.141. The smallest absolute Gasteiger partial charge is 0.328 e.